The van der Waals surface area contributed by atoms with E-state index < -0.39 is 6.04 Å². The average molecular weight is 183 g/mol. The summed E-state index contributed by atoms with van der Waals surface area (Å²) in [6.07, 6.45) is 0. The number of amidine groups is 1. The summed E-state index contributed by atoms with van der Waals surface area (Å²) in [6.45, 7) is 0. The second-order valence-electron chi connectivity index (χ2n) is 2.34. The minimum absolute atomic E-state index is 0.0569. The molecule has 0 aromatic carbocycles. The summed E-state index contributed by atoms with van der Waals surface area (Å²) in [5.74, 6) is 0.115. The van der Waals surface area contributed by atoms with Crippen LogP contribution in [0.1, 0.15) is 0 Å². The first kappa shape index (κ1) is 7.17. The third-order valence-corrected chi connectivity index (χ3v) is 1.70. The molecule has 0 aromatic heterocycles. The molecule has 0 saturated carbocycles. The number of rotatable bonds is 0. The summed E-state index contributed by atoms with van der Waals surface area (Å²) in [6, 6.07) is -0.565. The molecular weight excluding hydrogens is 178 g/mol. The van der Waals surface area contributed by atoms with Gasteiger partial charge in [0, 0.05) is 0 Å². The number of amides is 1. The number of carbonyl (C=O) groups excluding carboxylic acids is 1. The molecule has 62 valence electrons. The quantitative estimate of drug-likeness (QED) is 0.382. The zero-order valence-corrected chi connectivity index (χ0v) is 6.68. The fraction of sp³-hybridized carbons (Fsp3) is 0.200. The topological polar surface area (TPSA) is 91.9 Å². The minimum Gasteiger partial charge on any atom is -0.369 e. The largest absolute Gasteiger partial charge is 0.369 e. The van der Waals surface area contributed by atoms with Gasteiger partial charge in [0.1, 0.15) is 0 Å². The third kappa shape index (κ3) is 0.944. The lowest BCUT2D eigenvalue weighted by molar-refractivity contribution is -0.120. The van der Waals surface area contributed by atoms with Crippen LogP contribution in [0.15, 0.2) is 9.98 Å². The highest BCUT2D eigenvalue weighted by molar-refractivity contribution is 7.80. The van der Waals surface area contributed by atoms with Gasteiger partial charge in [0.2, 0.25) is 5.96 Å². The maximum atomic E-state index is 11.2. The van der Waals surface area contributed by atoms with Gasteiger partial charge >= 0.3 is 0 Å². The zero-order valence-electron chi connectivity index (χ0n) is 5.87. The maximum absolute atomic E-state index is 11.2. The van der Waals surface area contributed by atoms with Crippen LogP contribution < -0.4 is 16.4 Å². The molecule has 0 fully saturated rings. The first-order valence-corrected chi connectivity index (χ1v) is 3.62. The fourth-order valence-electron chi connectivity index (χ4n) is 1.01. The smallest absolute Gasteiger partial charge is 0.257 e. The van der Waals surface area contributed by atoms with Crippen LogP contribution in [0.4, 0.5) is 0 Å². The molecule has 2 rings (SSSR count). The molecule has 2 heterocycles. The number of guanidine groups is 1. The van der Waals surface area contributed by atoms with Crippen molar-refractivity contribution in [3.8, 4) is 0 Å². The first-order chi connectivity index (χ1) is 5.66. The molecule has 7 heteroatoms. The van der Waals surface area contributed by atoms with Gasteiger partial charge in [-0.05, 0) is 12.2 Å². The predicted molar refractivity (Wildman–Crippen MR) is 46.7 cm³/mol. The van der Waals surface area contributed by atoms with Crippen LogP contribution in [0.2, 0.25) is 0 Å². The molecule has 0 aliphatic carbocycles. The molecule has 0 aromatic rings. The predicted octanol–water partition coefficient (Wildman–Crippen LogP) is -1.91. The van der Waals surface area contributed by atoms with Crippen LogP contribution in [0.3, 0.4) is 0 Å². The van der Waals surface area contributed by atoms with E-state index in [0.717, 1.165) is 0 Å². The van der Waals surface area contributed by atoms with Crippen LogP contribution in [0, 0.1) is 0 Å². The summed E-state index contributed by atoms with van der Waals surface area (Å²) in [5, 5.41) is 5.30. The Bertz CT molecular complexity index is 333. The number of nitrogens with one attached hydrogen (secondary N) is 2. The number of thiocarbonyl (C=S) groups is 1. The van der Waals surface area contributed by atoms with Crippen LogP contribution >= 0.6 is 12.2 Å². The highest BCUT2D eigenvalue weighted by Gasteiger charge is 2.33. The van der Waals surface area contributed by atoms with Crippen molar-refractivity contribution < 1.29 is 4.79 Å². The summed E-state index contributed by atoms with van der Waals surface area (Å²) in [7, 11) is 0. The summed E-state index contributed by atoms with van der Waals surface area (Å²) in [5.41, 5.74) is 5.29. The molecule has 1 unspecified atom stereocenters. The van der Waals surface area contributed by atoms with Gasteiger partial charge in [-0.3, -0.25) is 10.1 Å². The average Bonchev–Trinajstić information content (AvgIpc) is 2.29. The molecule has 0 saturated heterocycles. The van der Waals surface area contributed by atoms with Crippen molar-refractivity contribution >= 4 is 35.0 Å². The molecule has 4 N–H and O–H groups in total. The van der Waals surface area contributed by atoms with Gasteiger partial charge in [-0.2, -0.15) is 4.99 Å². The standard InChI is InChI=1S/C5H5N5OS/c6-4-8-2-1(3(11)10-4)7-5(12)9-2/h1H,(H4,6,7,8,9,10,11,12). The Kier molecular flexibility index (Phi) is 1.34. The van der Waals surface area contributed by atoms with E-state index >= 15 is 0 Å². The number of hydrogen-bond donors (Lipinski definition) is 3. The fourth-order valence-corrected chi connectivity index (χ4v) is 1.22. The number of aliphatic imine (C=N–C) groups is 2. The molecule has 2 aliphatic heterocycles. The number of fused-ring (bicyclic) bond motifs is 1. The van der Waals surface area contributed by atoms with Crippen LogP contribution in [-0.4, -0.2) is 28.9 Å². The SMILES string of the molecule is NC1=NC2=NC(=S)NC2C(=O)N1. The van der Waals surface area contributed by atoms with Gasteiger partial charge in [-0.1, -0.05) is 0 Å². The van der Waals surface area contributed by atoms with Crippen molar-refractivity contribution in [3.05, 3.63) is 0 Å². The van der Waals surface area contributed by atoms with Gasteiger partial charge < -0.3 is 11.1 Å². The Morgan fingerprint density at radius 2 is 2.25 bits per heavy atom. The molecule has 1 atom stereocenters. The van der Waals surface area contributed by atoms with Crippen molar-refractivity contribution in [1.29, 1.82) is 0 Å². The van der Waals surface area contributed by atoms with E-state index in [1.165, 1.54) is 0 Å². The second-order valence-corrected chi connectivity index (χ2v) is 2.73. The normalized spacial score (nSPS) is 26.8. The van der Waals surface area contributed by atoms with E-state index in [4.69, 9.17) is 18.0 Å². The van der Waals surface area contributed by atoms with Gasteiger partial charge in [0.15, 0.2) is 17.0 Å². The number of nitrogens with two attached hydrogens (primary N) is 1. The highest BCUT2D eigenvalue weighted by atomic mass is 32.1. The van der Waals surface area contributed by atoms with E-state index in [-0.39, 0.29) is 17.0 Å². The van der Waals surface area contributed by atoms with E-state index in [0.29, 0.717) is 5.84 Å². The van der Waals surface area contributed by atoms with Gasteiger partial charge in [-0.25, -0.2) is 4.99 Å². The van der Waals surface area contributed by atoms with Crippen LogP contribution in [0.25, 0.3) is 0 Å². The Labute approximate surface area is 72.9 Å². The van der Waals surface area contributed by atoms with Crippen molar-refractivity contribution in [2.75, 3.05) is 0 Å². The summed E-state index contributed by atoms with van der Waals surface area (Å²) in [4.78, 5) is 18.8. The monoisotopic (exact) mass is 183 g/mol. The molecule has 0 bridgehead atoms. The van der Waals surface area contributed by atoms with Gasteiger partial charge in [0.25, 0.3) is 5.91 Å². The third-order valence-electron chi connectivity index (χ3n) is 1.49. The van der Waals surface area contributed by atoms with Gasteiger partial charge in [0.05, 0.1) is 0 Å². The maximum Gasteiger partial charge on any atom is 0.257 e. The lowest BCUT2D eigenvalue weighted by Crippen LogP contribution is -2.54. The summed E-state index contributed by atoms with van der Waals surface area (Å²) >= 11 is 4.74. The molecule has 1 amide bonds. The van der Waals surface area contributed by atoms with E-state index in [2.05, 4.69) is 20.6 Å². The molecule has 0 spiro atoms. The molecular formula is C5H5N5OS. The highest BCUT2D eigenvalue weighted by Crippen LogP contribution is 2.04. The lowest BCUT2D eigenvalue weighted by atomic mass is 10.2. The van der Waals surface area contributed by atoms with Crippen molar-refractivity contribution in [2.45, 2.75) is 6.04 Å². The number of hydrogen-bond acceptors (Lipinski definition) is 4. The number of carbonyl (C=O) groups is 1. The Hall–Kier alpha value is -1.50. The van der Waals surface area contributed by atoms with Crippen LogP contribution in [0.5, 0.6) is 0 Å². The Morgan fingerprint density at radius 3 is 3.00 bits per heavy atom. The van der Waals surface area contributed by atoms with E-state index in [9.17, 15) is 4.79 Å². The zero-order chi connectivity index (χ0) is 8.72. The molecule has 0 radical (unpaired) electrons. The van der Waals surface area contributed by atoms with E-state index in [1.807, 2.05) is 0 Å². The second kappa shape index (κ2) is 2.24. The van der Waals surface area contributed by atoms with Crippen molar-refractivity contribution in [2.24, 2.45) is 15.7 Å². The van der Waals surface area contributed by atoms with Gasteiger partial charge in [-0.15, -0.1) is 0 Å². The number of nitrogens with zero attached hydrogens (tertiary/aromatic N) is 2. The van der Waals surface area contributed by atoms with E-state index in [1.54, 1.807) is 0 Å². The van der Waals surface area contributed by atoms with Crippen LogP contribution in [-0.2, 0) is 4.79 Å². The Morgan fingerprint density at radius 1 is 1.50 bits per heavy atom. The van der Waals surface area contributed by atoms with Crippen molar-refractivity contribution in [3.63, 3.8) is 0 Å². The van der Waals surface area contributed by atoms with Crippen molar-refractivity contribution in [1.82, 2.24) is 10.6 Å². The summed E-state index contributed by atoms with van der Waals surface area (Å²) < 4.78 is 0. The Balaban J connectivity index is 2.41. The molecule has 6 nitrogen and oxygen atoms in total. The minimum atomic E-state index is -0.565. The molecule has 2 aliphatic rings. The molecule has 12 heavy (non-hydrogen) atoms. The lowest BCUT2D eigenvalue weighted by Gasteiger charge is -2.15. The first-order valence-electron chi connectivity index (χ1n) is 3.21.